The highest BCUT2D eigenvalue weighted by atomic mass is 79.9. The molecule has 2 aromatic heterocycles. The van der Waals surface area contributed by atoms with Crippen molar-refractivity contribution >= 4 is 37.6 Å². The highest BCUT2D eigenvalue weighted by Crippen LogP contribution is 2.43. The number of aromatic nitrogens is 2. The summed E-state index contributed by atoms with van der Waals surface area (Å²) in [5.41, 5.74) is 0.918. The number of hydrogen-bond acceptors (Lipinski definition) is 10. The summed E-state index contributed by atoms with van der Waals surface area (Å²) >= 11 is 3.38. The van der Waals surface area contributed by atoms with Gasteiger partial charge in [-0.05, 0) is 94.6 Å². The Morgan fingerprint density at radius 1 is 0.714 bits per heavy atom. The molecule has 4 aliphatic rings. The lowest BCUT2D eigenvalue weighted by Crippen LogP contribution is -2.41. The van der Waals surface area contributed by atoms with Crippen LogP contribution >= 0.6 is 15.9 Å². The van der Waals surface area contributed by atoms with E-state index in [-0.39, 0.29) is 22.4 Å². The highest BCUT2D eigenvalue weighted by Gasteiger charge is 2.63. The van der Waals surface area contributed by atoms with Crippen molar-refractivity contribution in [2.75, 3.05) is 26.4 Å². The van der Waals surface area contributed by atoms with Crippen molar-refractivity contribution in [1.29, 1.82) is 0 Å². The lowest BCUT2D eigenvalue weighted by Gasteiger charge is -2.32. The lowest BCUT2D eigenvalue weighted by molar-refractivity contribution is 0.00578. The van der Waals surface area contributed by atoms with E-state index in [0.717, 1.165) is 36.5 Å². The highest BCUT2D eigenvalue weighted by molar-refractivity contribution is 9.10. The van der Waals surface area contributed by atoms with E-state index < -0.39 is 14.0 Å². The summed E-state index contributed by atoms with van der Waals surface area (Å²) in [6.07, 6.45) is 7.04. The van der Waals surface area contributed by atoms with E-state index in [4.69, 9.17) is 37.8 Å². The van der Waals surface area contributed by atoms with E-state index in [2.05, 4.69) is 32.0 Å². The summed E-state index contributed by atoms with van der Waals surface area (Å²) in [7, 11) is -0.301. The molecule has 4 aliphatic heterocycles. The smallest absolute Gasteiger partial charge is 0.536 e. The Morgan fingerprint density at radius 2 is 1.12 bits per heavy atom. The van der Waals surface area contributed by atoms with E-state index in [1.54, 1.807) is 18.6 Å². The van der Waals surface area contributed by atoms with Crippen molar-refractivity contribution in [2.45, 2.75) is 89.6 Å². The van der Waals surface area contributed by atoms with E-state index in [9.17, 15) is 0 Å². The van der Waals surface area contributed by atoms with Crippen molar-refractivity contribution in [3.63, 3.8) is 0 Å². The van der Waals surface area contributed by atoms with Crippen molar-refractivity contribution in [3.05, 3.63) is 52.5 Å². The van der Waals surface area contributed by atoms with Gasteiger partial charge in [0.2, 0.25) is 0 Å². The monoisotopic (exact) mass is 645 g/mol. The Balaban J connectivity index is 0.000000150. The molecule has 2 aromatic rings. The molecule has 0 saturated carbocycles. The Morgan fingerprint density at radius 3 is 1.48 bits per heavy atom. The van der Waals surface area contributed by atoms with Gasteiger partial charge in [0.1, 0.15) is 5.75 Å². The number of halogens is 1. The molecule has 14 heteroatoms. The van der Waals surface area contributed by atoms with Crippen LogP contribution < -0.4 is 4.65 Å². The van der Waals surface area contributed by atoms with E-state index in [1.165, 1.54) is 5.56 Å². The van der Waals surface area contributed by atoms with Gasteiger partial charge in [-0.15, -0.1) is 0 Å². The van der Waals surface area contributed by atoms with Crippen molar-refractivity contribution in [3.8, 4) is 5.75 Å². The molecular formula is C28H41B3BrN2O8. The lowest BCUT2D eigenvalue weighted by atomic mass is 9.49. The van der Waals surface area contributed by atoms with Crippen LogP contribution in [-0.2, 0) is 28.1 Å². The molecule has 0 atom stereocenters. The number of pyridine rings is 2. The van der Waals surface area contributed by atoms with Gasteiger partial charge < -0.3 is 37.8 Å². The van der Waals surface area contributed by atoms with Gasteiger partial charge in [0.15, 0.2) is 0 Å². The fourth-order valence-electron chi connectivity index (χ4n) is 4.29. The van der Waals surface area contributed by atoms with Gasteiger partial charge in [0.05, 0.1) is 55.0 Å². The quantitative estimate of drug-likeness (QED) is 0.473. The molecule has 1 radical (unpaired) electrons. The molecule has 0 unspecified atom stereocenters. The third kappa shape index (κ3) is 7.76. The zero-order valence-corrected chi connectivity index (χ0v) is 27.3. The molecule has 0 aliphatic carbocycles. The molecule has 0 aromatic carbocycles. The number of hydrogen-bond donors (Lipinski definition) is 1. The maximum Gasteiger partial charge on any atom is 0.569 e. The maximum absolute atomic E-state index is 8.42. The summed E-state index contributed by atoms with van der Waals surface area (Å²) in [5.74, 6) is 1.54. The van der Waals surface area contributed by atoms with Crippen LogP contribution in [0.3, 0.4) is 0 Å². The molecule has 4 fully saturated rings. The zero-order chi connectivity index (χ0) is 30.8. The van der Waals surface area contributed by atoms with Crippen LogP contribution in [0.1, 0.15) is 78.4 Å². The zero-order valence-electron chi connectivity index (χ0n) is 25.8. The fourth-order valence-corrected chi connectivity index (χ4v) is 4.67. The van der Waals surface area contributed by atoms with Gasteiger partial charge in [0, 0.05) is 34.9 Å². The van der Waals surface area contributed by atoms with Gasteiger partial charge in [-0.3, -0.25) is 9.97 Å². The minimum absolute atomic E-state index is 0.360. The molecule has 0 amide bonds. The van der Waals surface area contributed by atoms with Crippen LogP contribution in [0.5, 0.6) is 5.75 Å². The first-order valence-corrected chi connectivity index (χ1v) is 15.0. The normalized spacial score (nSPS) is 23.5. The average Bonchev–Trinajstić information content (AvgIpc) is 3.18. The van der Waals surface area contributed by atoms with Crippen molar-refractivity contribution in [1.82, 2.24) is 9.97 Å². The molecule has 10 nitrogen and oxygen atoms in total. The Kier molecular flexibility index (Phi) is 10.5. The molecule has 6 heterocycles. The summed E-state index contributed by atoms with van der Waals surface area (Å²) < 4.78 is 39.8. The summed E-state index contributed by atoms with van der Waals surface area (Å²) in [6, 6.07) is 3.95. The predicted molar refractivity (Wildman–Crippen MR) is 164 cm³/mol. The average molecular weight is 646 g/mol. The van der Waals surface area contributed by atoms with Crippen LogP contribution in [0, 0.1) is 0 Å². The molecule has 0 spiro atoms. The first-order valence-electron chi connectivity index (χ1n) is 14.2. The second-order valence-corrected chi connectivity index (χ2v) is 13.7. The second-order valence-electron chi connectivity index (χ2n) is 12.8. The second kappa shape index (κ2) is 13.2. The minimum Gasteiger partial charge on any atom is -0.536 e. The Bertz CT molecular complexity index is 1130. The predicted octanol–water partition coefficient (Wildman–Crippen LogP) is 4.31. The van der Waals surface area contributed by atoms with Crippen LogP contribution in [0.15, 0.2) is 41.4 Å². The van der Waals surface area contributed by atoms with E-state index in [1.807, 2.05) is 67.7 Å². The number of rotatable bonds is 5. The first kappa shape index (κ1) is 33.4. The molecule has 1 N–H and O–H groups in total. The fraction of sp³-hybridized carbons (Fsp3) is 0.643. The number of ether oxygens (including phenoxy) is 2. The van der Waals surface area contributed by atoms with E-state index in [0.29, 0.717) is 25.3 Å². The van der Waals surface area contributed by atoms with Crippen LogP contribution in [0.2, 0.25) is 0 Å². The minimum atomic E-state index is -0.476. The molecule has 6 rings (SSSR count). The van der Waals surface area contributed by atoms with Gasteiger partial charge >= 0.3 is 21.7 Å². The molecular weight excluding hydrogens is 605 g/mol. The summed E-state index contributed by atoms with van der Waals surface area (Å²) in [5, 5.41) is 8.42. The third-order valence-corrected chi connectivity index (χ3v) is 9.07. The largest absolute Gasteiger partial charge is 0.569 e. The Hall–Kier alpha value is -1.51. The topological polar surface area (TPSA) is 111 Å². The van der Waals surface area contributed by atoms with Gasteiger partial charge in [-0.1, -0.05) is 0 Å². The SMILES string of the molecule is Brc1cncc(C2COC2)c1.CC1(C)OB(B2OC(C)(C)C(C)(C)O2)OC1(C)C.O[B]Oc1cncc(C2COC2)c1. The van der Waals surface area contributed by atoms with Gasteiger partial charge in [0.25, 0.3) is 0 Å². The van der Waals surface area contributed by atoms with Crippen molar-refractivity contribution < 1.29 is 37.8 Å². The first-order chi connectivity index (χ1) is 19.6. The van der Waals surface area contributed by atoms with Crippen molar-refractivity contribution in [2.24, 2.45) is 0 Å². The Labute approximate surface area is 259 Å². The third-order valence-electron chi connectivity index (χ3n) is 8.63. The molecule has 0 bridgehead atoms. The molecule has 4 saturated heterocycles. The molecule has 227 valence electrons. The summed E-state index contributed by atoms with van der Waals surface area (Å²) in [6.45, 7) is 19.4. The van der Waals surface area contributed by atoms with Crippen LogP contribution in [0.4, 0.5) is 0 Å². The van der Waals surface area contributed by atoms with Gasteiger partial charge in [-0.25, -0.2) is 0 Å². The standard InChI is InChI=1S/C12H24B2O4.C8H9BNO3.C8H8BrNO/c1-9(2)10(3,4)16-13(15-9)14-17-11(5,6)12(7,8)18-14;11-9-13-8-1-6(2-10-3-8)7-4-12-5-7;9-8-1-6(2-10-3-8)7-4-11-5-7/h1-8H3;1-3,7,11H,4-5H2;1-3,7H,4-5H2. The number of nitrogens with zero attached hydrogens (tertiary/aromatic N) is 2. The van der Waals surface area contributed by atoms with Gasteiger partial charge in [-0.2, -0.15) is 0 Å². The molecule has 42 heavy (non-hydrogen) atoms. The van der Waals surface area contributed by atoms with Crippen LogP contribution in [0.25, 0.3) is 0 Å². The van der Waals surface area contributed by atoms with E-state index >= 15 is 0 Å². The van der Waals surface area contributed by atoms with Crippen LogP contribution in [-0.4, -0.2) is 85.5 Å². The summed E-state index contributed by atoms with van der Waals surface area (Å²) in [4.78, 5) is 8.08. The maximum atomic E-state index is 8.42.